The number of hydrogen-bond acceptors (Lipinski definition) is 3. The fraction of sp³-hybridized carbons (Fsp3) is 0.458. The van der Waals surface area contributed by atoms with E-state index in [9.17, 15) is 9.00 Å². The van der Waals surface area contributed by atoms with Crippen molar-refractivity contribution in [3.63, 3.8) is 0 Å². The molecule has 2 amide bonds. The van der Waals surface area contributed by atoms with Gasteiger partial charge in [0.05, 0.1) is 14.5 Å². The first kappa shape index (κ1) is 23.9. The molecule has 2 aromatic carbocycles. The molecule has 0 aromatic heterocycles. The summed E-state index contributed by atoms with van der Waals surface area (Å²) in [4.78, 5) is 15.1. The Balaban J connectivity index is 2.35. The number of rotatable bonds is 6. The molecule has 164 valence electrons. The molecule has 0 bridgehead atoms. The lowest BCUT2D eigenvalue weighted by atomic mass is 10.2. The highest BCUT2D eigenvalue weighted by molar-refractivity contribution is 7.95. The fourth-order valence-electron chi connectivity index (χ4n) is 3.20. The summed E-state index contributed by atoms with van der Waals surface area (Å²) in [5.74, 6) is 0.676. The van der Waals surface area contributed by atoms with Crippen LogP contribution in [-0.2, 0) is 16.3 Å². The molecule has 0 aliphatic rings. The van der Waals surface area contributed by atoms with E-state index in [4.69, 9.17) is 4.74 Å². The highest BCUT2D eigenvalue weighted by Gasteiger charge is 2.32. The van der Waals surface area contributed by atoms with Crippen molar-refractivity contribution in [3.8, 4) is 5.75 Å². The lowest BCUT2D eigenvalue weighted by molar-refractivity contribution is 0.175. The van der Waals surface area contributed by atoms with Crippen molar-refractivity contribution >= 4 is 15.8 Å². The van der Waals surface area contributed by atoms with Crippen molar-refractivity contribution in [3.05, 3.63) is 60.2 Å². The van der Waals surface area contributed by atoms with Crippen LogP contribution in [0.3, 0.4) is 0 Å². The Morgan fingerprint density at radius 1 is 0.967 bits per heavy atom. The highest BCUT2D eigenvalue weighted by atomic mass is 32.2. The lowest BCUT2D eigenvalue weighted by Gasteiger charge is -2.31. The standard InChI is InChI=1S/C24H34N2O3S/c1-18(2)26(19(3)4)23(27)25-30(28,24(5,6)7)22-15-13-21(14-16-22)29-17-20-11-9-8-10-12-20/h8-16,18-19H,17H2,1-7H3/t30-/m0/s1. The molecular weight excluding hydrogens is 396 g/mol. The van der Waals surface area contributed by atoms with Gasteiger partial charge in [-0.2, -0.15) is 0 Å². The first-order valence-electron chi connectivity index (χ1n) is 10.3. The third-order valence-electron chi connectivity index (χ3n) is 4.76. The van der Waals surface area contributed by atoms with E-state index in [1.54, 1.807) is 29.2 Å². The fourth-order valence-corrected chi connectivity index (χ4v) is 5.11. The molecule has 0 N–H and O–H groups in total. The summed E-state index contributed by atoms with van der Waals surface area (Å²) in [7, 11) is -3.00. The molecular formula is C24H34N2O3S. The van der Waals surface area contributed by atoms with Crippen molar-refractivity contribution in [2.24, 2.45) is 4.36 Å². The number of urea groups is 1. The maximum Gasteiger partial charge on any atom is 0.352 e. The zero-order valence-corrected chi connectivity index (χ0v) is 19.9. The van der Waals surface area contributed by atoms with E-state index in [0.717, 1.165) is 5.56 Å². The van der Waals surface area contributed by atoms with Crippen LogP contribution in [0.2, 0.25) is 0 Å². The van der Waals surface area contributed by atoms with E-state index in [2.05, 4.69) is 4.36 Å². The second kappa shape index (κ2) is 9.65. The minimum Gasteiger partial charge on any atom is -0.489 e. The van der Waals surface area contributed by atoms with Crippen LogP contribution in [0.25, 0.3) is 0 Å². The SMILES string of the molecule is CC(C)N(C(=O)N=[S@](=O)(c1ccc(OCc2ccccc2)cc1)C(C)(C)C)C(C)C. The average Bonchev–Trinajstić information content (AvgIpc) is 2.66. The summed E-state index contributed by atoms with van der Waals surface area (Å²) in [6, 6.07) is 16.5. The first-order chi connectivity index (χ1) is 14.0. The summed E-state index contributed by atoms with van der Waals surface area (Å²) in [6.07, 6.45) is 0. The monoisotopic (exact) mass is 430 g/mol. The third kappa shape index (κ3) is 5.63. The summed E-state index contributed by atoms with van der Waals surface area (Å²) in [5.41, 5.74) is 1.07. The first-order valence-corrected chi connectivity index (χ1v) is 11.8. The Morgan fingerprint density at radius 3 is 1.97 bits per heavy atom. The Kier molecular flexibility index (Phi) is 7.70. The van der Waals surface area contributed by atoms with Crippen LogP contribution < -0.4 is 4.74 Å². The molecule has 0 heterocycles. The number of amides is 2. The molecule has 1 atom stereocenters. The molecule has 2 aromatic rings. The summed E-state index contributed by atoms with van der Waals surface area (Å²) in [6.45, 7) is 13.7. The van der Waals surface area contributed by atoms with E-state index in [1.807, 2.05) is 78.8 Å². The molecule has 30 heavy (non-hydrogen) atoms. The van der Waals surface area contributed by atoms with Crippen LogP contribution in [0.5, 0.6) is 5.75 Å². The number of carbonyl (C=O) groups excluding carboxylic acids is 1. The lowest BCUT2D eigenvalue weighted by Crippen LogP contribution is -2.41. The number of ether oxygens (including phenoxy) is 1. The Bertz CT molecular complexity index is 944. The van der Waals surface area contributed by atoms with Crippen LogP contribution >= 0.6 is 0 Å². The van der Waals surface area contributed by atoms with E-state index >= 15 is 0 Å². The van der Waals surface area contributed by atoms with Gasteiger partial charge in [-0.05, 0) is 78.3 Å². The van der Waals surface area contributed by atoms with Gasteiger partial charge in [-0.1, -0.05) is 30.3 Å². The number of benzene rings is 2. The van der Waals surface area contributed by atoms with E-state index in [0.29, 0.717) is 17.3 Å². The van der Waals surface area contributed by atoms with Crippen molar-refractivity contribution in [2.75, 3.05) is 0 Å². The van der Waals surface area contributed by atoms with E-state index < -0.39 is 20.5 Å². The Morgan fingerprint density at radius 2 is 1.50 bits per heavy atom. The second-order valence-corrected chi connectivity index (χ2v) is 11.8. The smallest absolute Gasteiger partial charge is 0.352 e. The maximum atomic E-state index is 14.0. The van der Waals surface area contributed by atoms with Gasteiger partial charge in [0.15, 0.2) is 0 Å². The third-order valence-corrected chi connectivity index (χ3v) is 7.75. The molecule has 0 saturated carbocycles. The topological polar surface area (TPSA) is 59.0 Å². The van der Waals surface area contributed by atoms with Crippen LogP contribution in [0.4, 0.5) is 4.79 Å². The molecule has 0 radical (unpaired) electrons. The molecule has 0 spiro atoms. The van der Waals surface area contributed by atoms with Gasteiger partial charge >= 0.3 is 6.03 Å². The largest absolute Gasteiger partial charge is 0.489 e. The zero-order chi connectivity index (χ0) is 22.5. The normalized spacial score (nSPS) is 13.8. The minimum absolute atomic E-state index is 0.0290. The van der Waals surface area contributed by atoms with Gasteiger partial charge in [0.25, 0.3) is 0 Å². The molecule has 0 aliphatic carbocycles. The van der Waals surface area contributed by atoms with Gasteiger partial charge in [-0.15, -0.1) is 4.36 Å². The van der Waals surface area contributed by atoms with Gasteiger partial charge in [0.2, 0.25) is 0 Å². The minimum atomic E-state index is -3.00. The molecule has 6 heteroatoms. The van der Waals surface area contributed by atoms with Gasteiger partial charge in [-0.3, -0.25) is 0 Å². The Hall–Kier alpha value is -2.34. The molecule has 2 rings (SSSR count). The van der Waals surface area contributed by atoms with Gasteiger partial charge < -0.3 is 9.64 Å². The quantitative estimate of drug-likeness (QED) is 0.554. The molecule has 0 saturated heterocycles. The molecule has 5 nitrogen and oxygen atoms in total. The van der Waals surface area contributed by atoms with Crippen molar-refractivity contribution in [2.45, 2.75) is 76.8 Å². The number of carbonyl (C=O) groups is 1. The summed E-state index contributed by atoms with van der Waals surface area (Å²) < 4.78 is 23.4. The summed E-state index contributed by atoms with van der Waals surface area (Å²) in [5, 5.41) is 0. The molecule has 0 fully saturated rings. The second-order valence-electron chi connectivity index (χ2n) is 8.85. The number of nitrogens with zero attached hydrogens (tertiary/aromatic N) is 2. The van der Waals surface area contributed by atoms with Gasteiger partial charge in [-0.25, -0.2) is 9.00 Å². The predicted molar refractivity (Wildman–Crippen MR) is 123 cm³/mol. The molecule has 0 aliphatic heterocycles. The highest BCUT2D eigenvalue weighted by Crippen LogP contribution is 2.30. The van der Waals surface area contributed by atoms with Crippen LogP contribution in [-0.4, -0.2) is 32.0 Å². The van der Waals surface area contributed by atoms with E-state index in [-0.39, 0.29) is 12.1 Å². The predicted octanol–water partition coefficient (Wildman–Crippen LogP) is 6.13. The Labute approximate surface area is 181 Å². The number of hydrogen-bond donors (Lipinski definition) is 0. The molecule has 0 unspecified atom stereocenters. The van der Waals surface area contributed by atoms with Crippen molar-refractivity contribution < 1.29 is 13.7 Å². The van der Waals surface area contributed by atoms with Crippen molar-refractivity contribution in [1.29, 1.82) is 0 Å². The van der Waals surface area contributed by atoms with Gasteiger partial charge in [0.1, 0.15) is 12.4 Å². The van der Waals surface area contributed by atoms with Crippen molar-refractivity contribution in [1.82, 2.24) is 4.90 Å². The van der Waals surface area contributed by atoms with Crippen LogP contribution in [0, 0.1) is 0 Å². The zero-order valence-electron chi connectivity index (χ0n) is 19.1. The summed E-state index contributed by atoms with van der Waals surface area (Å²) >= 11 is 0. The van der Waals surface area contributed by atoms with Crippen LogP contribution in [0.1, 0.15) is 54.0 Å². The maximum absolute atomic E-state index is 14.0. The van der Waals surface area contributed by atoms with E-state index in [1.165, 1.54) is 0 Å². The van der Waals surface area contributed by atoms with Crippen LogP contribution in [0.15, 0.2) is 63.9 Å². The average molecular weight is 431 g/mol. The van der Waals surface area contributed by atoms with Gasteiger partial charge in [0, 0.05) is 17.0 Å².